The van der Waals surface area contributed by atoms with Gasteiger partial charge in [0.1, 0.15) is 0 Å². The molecule has 2 nitrogen and oxygen atoms in total. The predicted octanol–water partition coefficient (Wildman–Crippen LogP) is 2.56. The number of halogens is 1. The van der Waals surface area contributed by atoms with E-state index in [2.05, 4.69) is 0 Å². The molecule has 0 spiro atoms. The number of hydrogen-bond donors (Lipinski definition) is 0. The van der Waals surface area contributed by atoms with E-state index in [0.717, 1.165) is 10.9 Å². The van der Waals surface area contributed by atoms with Crippen LogP contribution in [0.4, 0.5) is 4.39 Å². The first-order valence-electron chi connectivity index (χ1n) is 4.76. The number of aryl methyl sites for hydroxylation is 1. The zero-order valence-electron chi connectivity index (χ0n) is 8.70. The van der Waals surface area contributed by atoms with Gasteiger partial charge in [0.15, 0.2) is 12.0 Å². The van der Waals surface area contributed by atoms with E-state index in [0.29, 0.717) is 11.8 Å². The number of carbonyl (C=O) groups excluding carboxylic acids is 1. The number of nitrogens with zero attached hydrogens (tertiary/aromatic N) is 1. The van der Waals surface area contributed by atoms with Crippen molar-refractivity contribution in [3.8, 4) is 0 Å². The zero-order valence-corrected chi connectivity index (χ0v) is 8.70. The highest BCUT2D eigenvalue weighted by Gasteiger charge is 2.28. The van der Waals surface area contributed by atoms with Gasteiger partial charge in [-0.25, -0.2) is 4.39 Å². The number of aromatic nitrogens is 1. The summed E-state index contributed by atoms with van der Waals surface area (Å²) < 4.78 is 15.7. The molecule has 1 atom stereocenters. The van der Waals surface area contributed by atoms with Gasteiger partial charge in [0.2, 0.25) is 0 Å². The Labute approximate surface area is 87.3 Å². The number of hydrogen-bond acceptors (Lipinski definition) is 1. The molecule has 0 saturated heterocycles. The Bertz CT molecular complexity index is 513. The molecular formula is C12H12FNO. The molecule has 0 N–H and O–H groups in total. The van der Waals surface area contributed by atoms with Gasteiger partial charge >= 0.3 is 0 Å². The monoisotopic (exact) mass is 205 g/mol. The SMILES string of the molecule is Cn1cc(C(C)(F)C=O)c2ccccc21. The zero-order chi connectivity index (χ0) is 11.1. The van der Waals surface area contributed by atoms with E-state index in [4.69, 9.17) is 0 Å². The Morgan fingerprint density at radius 2 is 2.07 bits per heavy atom. The minimum absolute atomic E-state index is 0.342. The van der Waals surface area contributed by atoms with Crippen LogP contribution in [0.2, 0.25) is 0 Å². The van der Waals surface area contributed by atoms with E-state index in [1.807, 2.05) is 35.9 Å². The minimum Gasteiger partial charge on any atom is -0.350 e. The molecule has 15 heavy (non-hydrogen) atoms. The molecule has 2 aromatic rings. The van der Waals surface area contributed by atoms with Crippen molar-refractivity contribution in [3.63, 3.8) is 0 Å². The predicted molar refractivity (Wildman–Crippen MR) is 57.4 cm³/mol. The number of alkyl halides is 1. The van der Waals surface area contributed by atoms with Crippen LogP contribution < -0.4 is 0 Å². The molecule has 2 rings (SSSR count). The van der Waals surface area contributed by atoms with Gasteiger partial charge in [-0.3, -0.25) is 4.79 Å². The molecule has 0 radical (unpaired) electrons. The number of aldehydes is 1. The van der Waals surface area contributed by atoms with Crippen molar-refractivity contribution in [2.24, 2.45) is 7.05 Å². The van der Waals surface area contributed by atoms with Gasteiger partial charge in [-0.2, -0.15) is 0 Å². The van der Waals surface area contributed by atoms with Crippen LogP contribution >= 0.6 is 0 Å². The molecule has 3 heteroatoms. The van der Waals surface area contributed by atoms with Crippen molar-refractivity contribution in [1.29, 1.82) is 0 Å². The summed E-state index contributed by atoms with van der Waals surface area (Å²) in [4.78, 5) is 10.7. The summed E-state index contributed by atoms with van der Waals surface area (Å²) in [7, 11) is 1.84. The summed E-state index contributed by atoms with van der Waals surface area (Å²) in [6.45, 7) is 1.28. The lowest BCUT2D eigenvalue weighted by Gasteiger charge is -2.10. The first kappa shape index (κ1) is 9.90. The third-order valence-electron chi connectivity index (χ3n) is 2.64. The number of benzene rings is 1. The summed E-state index contributed by atoms with van der Waals surface area (Å²) in [5.41, 5.74) is -0.560. The third-order valence-corrected chi connectivity index (χ3v) is 2.64. The van der Waals surface area contributed by atoms with Crippen LogP contribution in [-0.4, -0.2) is 10.9 Å². The number of carbonyl (C=O) groups is 1. The molecule has 0 saturated carbocycles. The van der Waals surface area contributed by atoms with Crippen molar-refractivity contribution in [1.82, 2.24) is 4.57 Å². The average Bonchev–Trinajstić information content (AvgIpc) is 2.58. The van der Waals surface area contributed by atoms with Crippen LogP contribution in [0.15, 0.2) is 30.5 Å². The van der Waals surface area contributed by atoms with Crippen LogP contribution in [0.25, 0.3) is 10.9 Å². The fourth-order valence-electron chi connectivity index (χ4n) is 1.79. The topological polar surface area (TPSA) is 22.0 Å². The molecule has 1 heterocycles. The van der Waals surface area contributed by atoms with Gasteiger partial charge < -0.3 is 4.57 Å². The molecule has 1 aromatic carbocycles. The molecule has 0 aliphatic carbocycles. The second-order valence-corrected chi connectivity index (χ2v) is 3.86. The number of para-hydroxylation sites is 1. The van der Waals surface area contributed by atoms with Crippen molar-refractivity contribution >= 4 is 17.2 Å². The van der Waals surface area contributed by atoms with Gasteiger partial charge in [0.05, 0.1) is 0 Å². The van der Waals surface area contributed by atoms with Crippen LogP contribution in [0.1, 0.15) is 12.5 Å². The third kappa shape index (κ3) is 1.44. The van der Waals surface area contributed by atoms with Crippen molar-refractivity contribution in [2.75, 3.05) is 0 Å². The Kier molecular flexibility index (Phi) is 2.11. The normalized spacial score (nSPS) is 15.1. The Balaban J connectivity index is 2.78. The quantitative estimate of drug-likeness (QED) is 0.690. The second kappa shape index (κ2) is 3.19. The Morgan fingerprint density at radius 3 is 2.73 bits per heavy atom. The number of fused-ring (bicyclic) bond motifs is 1. The molecule has 0 fully saturated rings. The number of rotatable bonds is 2. The van der Waals surface area contributed by atoms with Crippen LogP contribution in [0, 0.1) is 0 Å². The van der Waals surface area contributed by atoms with E-state index in [-0.39, 0.29) is 0 Å². The molecule has 0 aliphatic heterocycles. The Hall–Kier alpha value is -1.64. The molecule has 0 aliphatic rings. The summed E-state index contributed by atoms with van der Waals surface area (Å²) >= 11 is 0. The van der Waals surface area contributed by atoms with Gasteiger partial charge in [-0.1, -0.05) is 18.2 Å². The van der Waals surface area contributed by atoms with Gasteiger partial charge in [-0.05, 0) is 13.0 Å². The standard InChI is InChI=1S/C12H12FNO/c1-12(13,8-15)10-7-14(2)11-6-4-3-5-9(10)11/h3-8H,1-2H3. The van der Waals surface area contributed by atoms with Crippen molar-refractivity contribution in [3.05, 3.63) is 36.0 Å². The smallest absolute Gasteiger partial charge is 0.190 e. The molecule has 0 amide bonds. The van der Waals surface area contributed by atoms with Crippen molar-refractivity contribution in [2.45, 2.75) is 12.6 Å². The second-order valence-electron chi connectivity index (χ2n) is 3.86. The summed E-state index contributed by atoms with van der Waals surface area (Å²) in [6, 6.07) is 7.46. The summed E-state index contributed by atoms with van der Waals surface area (Å²) in [5, 5.41) is 0.789. The highest BCUT2D eigenvalue weighted by molar-refractivity contribution is 5.88. The highest BCUT2D eigenvalue weighted by Crippen LogP contribution is 2.31. The van der Waals surface area contributed by atoms with Gasteiger partial charge in [0, 0.05) is 29.7 Å². The molecule has 0 bridgehead atoms. The fraction of sp³-hybridized carbons (Fsp3) is 0.250. The van der Waals surface area contributed by atoms with Crippen LogP contribution in [-0.2, 0) is 17.5 Å². The van der Waals surface area contributed by atoms with E-state index in [9.17, 15) is 9.18 Å². The molecular weight excluding hydrogens is 193 g/mol. The average molecular weight is 205 g/mol. The van der Waals surface area contributed by atoms with Crippen molar-refractivity contribution < 1.29 is 9.18 Å². The van der Waals surface area contributed by atoms with E-state index >= 15 is 0 Å². The lowest BCUT2D eigenvalue weighted by Crippen LogP contribution is -2.16. The van der Waals surface area contributed by atoms with E-state index < -0.39 is 5.67 Å². The van der Waals surface area contributed by atoms with E-state index in [1.54, 1.807) is 6.20 Å². The highest BCUT2D eigenvalue weighted by atomic mass is 19.1. The molecule has 1 unspecified atom stereocenters. The lowest BCUT2D eigenvalue weighted by atomic mass is 9.99. The first-order valence-corrected chi connectivity index (χ1v) is 4.76. The minimum atomic E-state index is -1.92. The Morgan fingerprint density at radius 1 is 1.40 bits per heavy atom. The van der Waals surface area contributed by atoms with Crippen LogP contribution in [0.3, 0.4) is 0 Å². The maximum atomic E-state index is 13.9. The lowest BCUT2D eigenvalue weighted by molar-refractivity contribution is -0.117. The largest absolute Gasteiger partial charge is 0.350 e. The fourth-order valence-corrected chi connectivity index (χ4v) is 1.79. The summed E-state index contributed by atoms with van der Waals surface area (Å²) in [6.07, 6.45) is 2.01. The summed E-state index contributed by atoms with van der Waals surface area (Å²) in [5.74, 6) is 0. The maximum absolute atomic E-state index is 13.9. The molecule has 1 aromatic heterocycles. The first-order chi connectivity index (χ1) is 7.06. The van der Waals surface area contributed by atoms with E-state index in [1.165, 1.54) is 6.92 Å². The maximum Gasteiger partial charge on any atom is 0.190 e. The van der Waals surface area contributed by atoms with Gasteiger partial charge in [-0.15, -0.1) is 0 Å². The molecule has 78 valence electrons. The van der Waals surface area contributed by atoms with Gasteiger partial charge in [0.25, 0.3) is 0 Å². The van der Waals surface area contributed by atoms with Crippen LogP contribution in [0.5, 0.6) is 0 Å².